The van der Waals surface area contributed by atoms with Crippen LogP contribution in [0.2, 0.25) is 0 Å². The SMILES string of the molecule is O=C1NC(=O)C2(CC(C(=O)NC3CCCCC34CCCC4)C2)N1. The Bertz CT molecular complexity index is 547. The maximum atomic E-state index is 12.6. The Morgan fingerprint density at radius 1 is 1.04 bits per heavy atom. The molecule has 126 valence electrons. The average molecular weight is 319 g/mol. The fourth-order valence-corrected chi connectivity index (χ4v) is 5.28. The van der Waals surface area contributed by atoms with Gasteiger partial charge in [-0.05, 0) is 43.9 Å². The molecule has 1 aliphatic heterocycles. The molecule has 4 rings (SSSR count). The molecule has 23 heavy (non-hydrogen) atoms. The zero-order chi connectivity index (χ0) is 16.1. The molecule has 6 heteroatoms. The van der Waals surface area contributed by atoms with Crippen LogP contribution in [-0.4, -0.2) is 29.4 Å². The summed E-state index contributed by atoms with van der Waals surface area (Å²) in [4.78, 5) is 35.7. The lowest BCUT2D eigenvalue weighted by molar-refractivity contribution is -0.137. The molecule has 3 aliphatic carbocycles. The first-order valence-electron chi connectivity index (χ1n) is 8.97. The predicted molar refractivity (Wildman–Crippen MR) is 83.4 cm³/mol. The van der Waals surface area contributed by atoms with Gasteiger partial charge >= 0.3 is 6.03 Å². The van der Waals surface area contributed by atoms with Crippen LogP contribution in [0.5, 0.6) is 0 Å². The van der Waals surface area contributed by atoms with Crippen LogP contribution in [0.3, 0.4) is 0 Å². The van der Waals surface area contributed by atoms with E-state index in [9.17, 15) is 14.4 Å². The van der Waals surface area contributed by atoms with Crippen molar-refractivity contribution in [1.82, 2.24) is 16.0 Å². The Labute approximate surface area is 136 Å². The number of amides is 4. The maximum Gasteiger partial charge on any atom is 0.322 e. The van der Waals surface area contributed by atoms with Gasteiger partial charge in [-0.15, -0.1) is 0 Å². The quantitative estimate of drug-likeness (QED) is 0.676. The van der Waals surface area contributed by atoms with Crippen LogP contribution in [0.1, 0.15) is 64.2 Å². The Kier molecular flexibility index (Phi) is 3.39. The number of rotatable bonds is 2. The van der Waals surface area contributed by atoms with Crippen molar-refractivity contribution in [2.45, 2.75) is 75.8 Å². The Morgan fingerprint density at radius 2 is 1.70 bits per heavy atom. The predicted octanol–water partition coefficient (Wildman–Crippen LogP) is 1.59. The van der Waals surface area contributed by atoms with Gasteiger partial charge < -0.3 is 10.6 Å². The summed E-state index contributed by atoms with van der Waals surface area (Å²) < 4.78 is 0. The molecule has 1 atom stereocenters. The molecule has 4 aliphatic rings. The number of hydrogen-bond donors (Lipinski definition) is 3. The molecule has 0 radical (unpaired) electrons. The Balaban J connectivity index is 1.37. The number of imide groups is 1. The molecule has 1 heterocycles. The molecule has 1 saturated heterocycles. The van der Waals surface area contributed by atoms with Crippen molar-refractivity contribution in [2.75, 3.05) is 0 Å². The van der Waals surface area contributed by atoms with Crippen molar-refractivity contribution in [3.63, 3.8) is 0 Å². The lowest BCUT2D eigenvalue weighted by Gasteiger charge is -2.45. The van der Waals surface area contributed by atoms with Crippen LogP contribution >= 0.6 is 0 Å². The van der Waals surface area contributed by atoms with Crippen molar-refractivity contribution >= 4 is 17.8 Å². The highest BCUT2D eigenvalue weighted by molar-refractivity contribution is 6.08. The number of carbonyl (C=O) groups excluding carboxylic acids is 3. The minimum atomic E-state index is -0.823. The first kappa shape index (κ1) is 15.0. The largest absolute Gasteiger partial charge is 0.353 e. The van der Waals surface area contributed by atoms with E-state index in [1.807, 2.05) is 0 Å². The smallest absolute Gasteiger partial charge is 0.322 e. The zero-order valence-electron chi connectivity index (χ0n) is 13.5. The molecule has 0 aromatic carbocycles. The highest BCUT2D eigenvalue weighted by Crippen LogP contribution is 2.49. The van der Waals surface area contributed by atoms with Gasteiger partial charge in [0.05, 0.1) is 0 Å². The van der Waals surface area contributed by atoms with E-state index in [1.165, 1.54) is 44.9 Å². The molecular formula is C17H25N3O3. The van der Waals surface area contributed by atoms with E-state index in [0.29, 0.717) is 24.3 Å². The van der Waals surface area contributed by atoms with Gasteiger partial charge in [-0.25, -0.2) is 4.79 Å². The van der Waals surface area contributed by atoms with Crippen molar-refractivity contribution in [2.24, 2.45) is 11.3 Å². The number of urea groups is 1. The summed E-state index contributed by atoms with van der Waals surface area (Å²) in [5, 5.41) is 8.25. The topological polar surface area (TPSA) is 87.3 Å². The highest BCUT2D eigenvalue weighted by atomic mass is 16.2. The summed E-state index contributed by atoms with van der Waals surface area (Å²) in [5.41, 5.74) is -0.495. The third-order valence-corrected chi connectivity index (χ3v) is 6.65. The molecule has 0 aromatic heterocycles. The van der Waals surface area contributed by atoms with E-state index in [0.717, 1.165) is 6.42 Å². The molecular weight excluding hydrogens is 294 g/mol. The van der Waals surface area contributed by atoms with Gasteiger partial charge in [-0.1, -0.05) is 25.7 Å². The molecule has 3 saturated carbocycles. The summed E-state index contributed by atoms with van der Waals surface area (Å²) in [6.07, 6.45) is 10.7. The second kappa shape index (κ2) is 5.21. The van der Waals surface area contributed by atoms with Crippen LogP contribution in [0.4, 0.5) is 4.79 Å². The van der Waals surface area contributed by atoms with Gasteiger partial charge in [0.1, 0.15) is 5.54 Å². The summed E-state index contributed by atoms with van der Waals surface area (Å²) in [5.74, 6) is -0.362. The van der Waals surface area contributed by atoms with Gasteiger partial charge in [0, 0.05) is 12.0 Å². The molecule has 3 N–H and O–H groups in total. The van der Waals surface area contributed by atoms with Gasteiger partial charge in [0.15, 0.2) is 0 Å². The van der Waals surface area contributed by atoms with Gasteiger partial charge in [-0.3, -0.25) is 14.9 Å². The maximum absolute atomic E-state index is 12.6. The third kappa shape index (κ3) is 2.34. The Morgan fingerprint density at radius 3 is 2.30 bits per heavy atom. The van der Waals surface area contributed by atoms with Gasteiger partial charge in [0.2, 0.25) is 5.91 Å². The molecule has 0 aromatic rings. The van der Waals surface area contributed by atoms with Crippen LogP contribution in [0.15, 0.2) is 0 Å². The van der Waals surface area contributed by atoms with Gasteiger partial charge in [0.25, 0.3) is 5.91 Å². The van der Waals surface area contributed by atoms with E-state index in [2.05, 4.69) is 16.0 Å². The zero-order valence-corrected chi connectivity index (χ0v) is 13.5. The van der Waals surface area contributed by atoms with E-state index in [4.69, 9.17) is 0 Å². The molecule has 0 bridgehead atoms. The summed E-state index contributed by atoms with van der Waals surface area (Å²) in [7, 11) is 0. The van der Waals surface area contributed by atoms with Gasteiger partial charge in [-0.2, -0.15) is 0 Å². The average Bonchev–Trinajstić information content (AvgIpc) is 3.05. The minimum absolute atomic E-state index is 0.0720. The van der Waals surface area contributed by atoms with Crippen LogP contribution in [0, 0.1) is 11.3 Å². The normalized spacial score (nSPS) is 38.3. The lowest BCUT2D eigenvalue weighted by atomic mass is 9.66. The number of nitrogens with one attached hydrogen (secondary N) is 3. The second-order valence-electron chi connectivity index (χ2n) is 7.97. The van der Waals surface area contributed by atoms with Crippen molar-refractivity contribution < 1.29 is 14.4 Å². The fourth-order valence-electron chi connectivity index (χ4n) is 5.28. The molecule has 4 amide bonds. The minimum Gasteiger partial charge on any atom is -0.353 e. The summed E-state index contributed by atoms with van der Waals surface area (Å²) >= 11 is 0. The van der Waals surface area contributed by atoms with E-state index < -0.39 is 11.6 Å². The molecule has 6 nitrogen and oxygen atoms in total. The van der Waals surface area contributed by atoms with E-state index in [1.54, 1.807) is 0 Å². The van der Waals surface area contributed by atoms with Crippen LogP contribution < -0.4 is 16.0 Å². The molecule has 4 fully saturated rings. The Hall–Kier alpha value is -1.59. The standard InChI is InChI=1S/C17H25N3O3/c21-13(11-9-17(10-11)14(22)19-15(23)20-17)18-12-5-1-2-6-16(12)7-3-4-8-16/h11-12H,1-10H2,(H,18,21)(H2,19,20,22,23). The number of carbonyl (C=O) groups is 3. The van der Waals surface area contributed by atoms with E-state index >= 15 is 0 Å². The van der Waals surface area contributed by atoms with Crippen molar-refractivity contribution in [3.05, 3.63) is 0 Å². The second-order valence-corrected chi connectivity index (χ2v) is 7.97. The first-order valence-corrected chi connectivity index (χ1v) is 8.97. The molecule has 2 spiro atoms. The van der Waals surface area contributed by atoms with Crippen molar-refractivity contribution in [1.29, 1.82) is 0 Å². The van der Waals surface area contributed by atoms with Crippen molar-refractivity contribution in [3.8, 4) is 0 Å². The summed E-state index contributed by atoms with van der Waals surface area (Å²) in [6, 6.07) is -0.138. The first-order chi connectivity index (χ1) is 11.0. The van der Waals surface area contributed by atoms with Crippen LogP contribution in [0.25, 0.3) is 0 Å². The fraction of sp³-hybridized carbons (Fsp3) is 0.824. The van der Waals surface area contributed by atoms with E-state index in [-0.39, 0.29) is 17.7 Å². The monoisotopic (exact) mass is 319 g/mol. The highest BCUT2D eigenvalue weighted by Gasteiger charge is 2.57. The summed E-state index contributed by atoms with van der Waals surface area (Å²) in [6.45, 7) is 0. The molecule has 1 unspecified atom stereocenters. The van der Waals surface area contributed by atoms with Crippen LogP contribution in [-0.2, 0) is 9.59 Å². The third-order valence-electron chi connectivity index (χ3n) is 6.65. The lowest BCUT2D eigenvalue weighted by Crippen LogP contribution is -2.61. The number of hydrogen-bond acceptors (Lipinski definition) is 3.